The molecule has 0 aliphatic carbocycles. The number of benzene rings is 2. The summed E-state index contributed by atoms with van der Waals surface area (Å²) in [5.74, 6) is 0. The van der Waals surface area contributed by atoms with Crippen LogP contribution < -0.4 is 0 Å². The molecule has 0 amide bonds. The molecule has 0 saturated carbocycles. The molecule has 2 aromatic rings. The molecule has 2 nitrogen and oxygen atoms in total. The van der Waals surface area contributed by atoms with Crippen LogP contribution in [0.4, 0.5) is 0 Å². The first kappa shape index (κ1) is 39.1. The van der Waals surface area contributed by atoms with E-state index in [1.54, 1.807) is 4.70 Å². The summed E-state index contributed by atoms with van der Waals surface area (Å²) in [6.07, 6.45) is 26.3. The molecule has 0 bridgehead atoms. The van der Waals surface area contributed by atoms with Crippen molar-refractivity contribution >= 4 is 11.4 Å². The van der Waals surface area contributed by atoms with Gasteiger partial charge in [-0.05, 0) is 94.2 Å². The second-order valence-electron chi connectivity index (χ2n) is 13.3. The van der Waals surface area contributed by atoms with Gasteiger partial charge in [0.05, 0.1) is 5.57 Å². The maximum atomic E-state index is 12.2. The number of hydrogen-bond acceptors (Lipinski definition) is 0. The number of rotatable bonds is 21. The van der Waals surface area contributed by atoms with E-state index in [9.17, 15) is 5.53 Å². The first-order chi connectivity index (χ1) is 21.4. The summed E-state index contributed by atoms with van der Waals surface area (Å²) in [4.78, 5) is 0. The molecule has 0 N–H and O–H groups in total. The summed E-state index contributed by atoms with van der Waals surface area (Å²) in [5.41, 5.74) is 24.3. The van der Waals surface area contributed by atoms with Crippen molar-refractivity contribution in [1.82, 2.24) is 0 Å². The molecule has 0 aromatic heterocycles. The fourth-order valence-corrected chi connectivity index (χ4v) is 6.68. The van der Waals surface area contributed by atoms with E-state index < -0.39 is 0 Å². The Kier molecular flexibility index (Phi) is 18.8. The Morgan fingerprint density at radius 1 is 0.556 bits per heavy atom. The molecule has 0 saturated heterocycles. The average Bonchev–Trinajstić information content (AvgIpc) is 3.27. The molecule has 0 fully saturated rings. The van der Waals surface area contributed by atoms with Gasteiger partial charge in [-0.2, -0.15) is 0 Å². The molecule has 1 aliphatic heterocycles. The zero-order chi connectivity index (χ0) is 31.7. The van der Waals surface area contributed by atoms with Gasteiger partial charge in [0.1, 0.15) is 0 Å². The fourth-order valence-electron chi connectivity index (χ4n) is 6.68. The van der Waals surface area contributed by atoms with Crippen LogP contribution >= 0.6 is 0 Å². The number of unbranched alkanes of at least 4 members (excludes halogenated alkanes) is 11. The minimum atomic E-state index is 0. The second-order valence-corrected chi connectivity index (χ2v) is 13.3. The van der Waals surface area contributed by atoms with Gasteiger partial charge in [-0.25, -0.2) is 4.70 Å². The Labute approximate surface area is 291 Å². The molecule has 0 spiro atoms. The van der Waals surface area contributed by atoms with E-state index in [1.807, 2.05) is 0 Å². The Bertz CT molecular complexity index is 1300. The Morgan fingerprint density at radius 3 is 1.58 bits per heavy atom. The molecule has 45 heavy (non-hydrogen) atoms. The summed E-state index contributed by atoms with van der Waals surface area (Å²) >= 11 is 0. The van der Waals surface area contributed by atoms with Crippen molar-refractivity contribution in [3.8, 4) is 0 Å². The first-order valence-corrected chi connectivity index (χ1v) is 18.3. The van der Waals surface area contributed by atoms with Crippen LogP contribution in [-0.2, 0) is 33.3 Å². The minimum absolute atomic E-state index is 0. The van der Waals surface area contributed by atoms with Crippen molar-refractivity contribution in [2.45, 2.75) is 157 Å². The van der Waals surface area contributed by atoms with E-state index in [0.717, 1.165) is 54.6 Å². The second kappa shape index (κ2) is 21.7. The SMILES string of the molecule is CCCCC=CC1=C(c2cc(C)cc(CCCCC)c2)[N+](=[N-])C(c2cc(C)cc(CCCCC)c2)=C1CCCCCCCC.[Pd]. The number of hydrogen-bond donors (Lipinski definition) is 0. The third-order valence-corrected chi connectivity index (χ3v) is 9.04. The Hall–Kier alpha value is -2.08. The zero-order valence-corrected chi connectivity index (χ0v) is 31.1. The molecule has 3 rings (SSSR count). The maximum absolute atomic E-state index is 12.2. The van der Waals surface area contributed by atoms with E-state index in [2.05, 4.69) is 90.1 Å². The maximum Gasteiger partial charge on any atom is 0.215 e. The van der Waals surface area contributed by atoms with E-state index >= 15 is 0 Å². The predicted octanol–water partition coefficient (Wildman–Crippen LogP) is 13.4. The van der Waals surface area contributed by atoms with Crippen molar-refractivity contribution in [3.63, 3.8) is 0 Å². The minimum Gasteiger partial charge on any atom is -0.493 e. The quantitative estimate of drug-likeness (QED) is 0.0704. The summed E-state index contributed by atoms with van der Waals surface area (Å²) < 4.78 is 1.57. The van der Waals surface area contributed by atoms with Gasteiger partial charge in [0.25, 0.3) is 0 Å². The molecule has 250 valence electrons. The van der Waals surface area contributed by atoms with E-state index in [-0.39, 0.29) is 20.4 Å². The van der Waals surface area contributed by atoms with Crippen molar-refractivity contribution in [2.75, 3.05) is 0 Å². The van der Waals surface area contributed by atoms with Crippen molar-refractivity contribution < 1.29 is 25.1 Å². The molecule has 1 heterocycles. The number of nitrogens with zero attached hydrogens (tertiary/aromatic N) is 2. The Balaban J connectivity index is 0.00000705. The molecule has 0 atom stereocenters. The predicted molar refractivity (Wildman–Crippen MR) is 193 cm³/mol. The molecule has 0 radical (unpaired) electrons. The molecular formula is C42H62N2Pd. The van der Waals surface area contributed by atoms with Gasteiger partial charge in [-0.1, -0.05) is 134 Å². The monoisotopic (exact) mass is 700 g/mol. The average molecular weight is 701 g/mol. The van der Waals surface area contributed by atoms with Crippen molar-refractivity contribution in [2.24, 2.45) is 0 Å². The van der Waals surface area contributed by atoms with Crippen molar-refractivity contribution in [1.29, 1.82) is 0 Å². The van der Waals surface area contributed by atoms with Crippen LogP contribution in [0.5, 0.6) is 0 Å². The van der Waals surface area contributed by atoms with Crippen LogP contribution in [-0.4, -0.2) is 4.70 Å². The van der Waals surface area contributed by atoms with E-state index in [1.165, 1.54) is 117 Å². The van der Waals surface area contributed by atoms with Gasteiger partial charge >= 0.3 is 0 Å². The van der Waals surface area contributed by atoms with Gasteiger partial charge in [-0.3, -0.25) is 0 Å². The molecule has 3 heteroatoms. The summed E-state index contributed by atoms with van der Waals surface area (Å²) in [6, 6.07) is 13.9. The standard InChI is InChI=1S/C42H62N2.Pd/c1-7-11-15-17-18-22-26-40-39(25-21-16-12-8-2)41(37-29-33(5)27-35(31-37)23-19-13-9-3)44(43)42(40)38-30-34(6)28-36(32-38)24-20-14-10-4;/h21,25,27-32H,7-20,22-24,26H2,1-6H3;. The summed E-state index contributed by atoms with van der Waals surface area (Å²) in [6.45, 7) is 13.5. The van der Waals surface area contributed by atoms with Crippen LogP contribution in [0.25, 0.3) is 16.9 Å². The summed E-state index contributed by atoms with van der Waals surface area (Å²) in [7, 11) is 0. The van der Waals surface area contributed by atoms with Crippen LogP contribution in [0.15, 0.2) is 59.7 Å². The Morgan fingerprint density at radius 2 is 1.02 bits per heavy atom. The smallest absolute Gasteiger partial charge is 0.215 e. The molecule has 2 aromatic carbocycles. The van der Waals surface area contributed by atoms with E-state index in [4.69, 9.17) is 0 Å². The topological polar surface area (TPSA) is 25.3 Å². The third kappa shape index (κ3) is 12.2. The van der Waals surface area contributed by atoms with Crippen molar-refractivity contribution in [3.05, 3.63) is 98.6 Å². The molecule has 0 unspecified atom stereocenters. The van der Waals surface area contributed by atoms with Gasteiger partial charge in [0.2, 0.25) is 11.4 Å². The van der Waals surface area contributed by atoms with Gasteiger partial charge < -0.3 is 5.53 Å². The normalized spacial score (nSPS) is 13.4. The molecular weight excluding hydrogens is 639 g/mol. The van der Waals surface area contributed by atoms with Gasteiger partial charge in [0, 0.05) is 37.1 Å². The number of aryl methyl sites for hydroxylation is 4. The fraction of sp³-hybridized carbons (Fsp3) is 0.571. The molecule has 1 aliphatic rings. The number of allylic oxidation sites excluding steroid dienone is 4. The van der Waals surface area contributed by atoms with Crippen LogP contribution in [0.2, 0.25) is 0 Å². The first-order valence-electron chi connectivity index (χ1n) is 18.3. The van der Waals surface area contributed by atoms with Gasteiger partial charge in [0.15, 0.2) is 0 Å². The third-order valence-electron chi connectivity index (χ3n) is 9.04. The van der Waals surface area contributed by atoms with Crippen LogP contribution in [0.1, 0.15) is 164 Å². The van der Waals surface area contributed by atoms with Crippen LogP contribution in [0.3, 0.4) is 0 Å². The van der Waals surface area contributed by atoms with Crippen LogP contribution in [0, 0.1) is 13.8 Å². The van der Waals surface area contributed by atoms with Gasteiger partial charge in [-0.15, -0.1) is 0 Å². The largest absolute Gasteiger partial charge is 0.493 e. The summed E-state index contributed by atoms with van der Waals surface area (Å²) in [5, 5.41) is 0. The zero-order valence-electron chi connectivity index (χ0n) is 29.6. The van der Waals surface area contributed by atoms with E-state index in [0.29, 0.717) is 0 Å².